The highest BCUT2D eigenvalue weighted by molar-refractivity contribution is 7.91. The van der Waals surface area contributed by atoms with Gasteiger partial charge in [0.05, 0.1) is 10.9 Å². The van der Waals surface area contributed by atoms with E-state index in [2.05, 4.69) is 15.3 Å². The molecule has 1 aromatic rings. The summed E-state index contributed by atoms with van der Waals surface area (Å²) in [6.45, 7) is 0.596. The summed E-state index contributed by atoms with van der Waals surface area (Å²) in [5, 5.41) is 3.04. The molecule has 1 aliphatic rings. The van der Waals surface area contributed by atoms with Gasteiger partial charge in [0.25, 0.3) is 0 Å². The Kier molecular flexibility index (Phi) is 3.73. The van der Waals surface area contributed by atoms with Gasteiger partial charge in [-0.3, -0.25) is 0 Å². The van der Waals surface area contributed by atoms with Crippen molar-refractivity contribution >= 4 is 9.84 Å². The van der Waals surface area contributed by atoms with Crippen molar-refractivity contribution in [3.8, 4) is 0 Å². The Morgan fingerprint density at radius 2 is 2.29 bits per heavy atom. The molecule has 2 atom stereocenters. The van der Waals surface area contributed by atoms with Gasteiger partial charge >= 0.3 is 0 Å². The molecule has 1 fully saturated rings. The van der Waals surface area contributed by atoms with Crippen LogP contribution in [0.3, 0.4) is 0 Å². The predicted molar refractivity (Wildman–Crippen MR) is 65.1 cm³/mol. The van der Waals surface area contributed by atoms with Gasteiger partial charge in [-0.15, -0.1) is 0 Å². The Balaban J connectivity index is 1.95. The molecule has 5 nitrogen and oxygen atoms in total. The fraction of sp³-hybridized carbons (Fsp3) is 0.636. The van der Waals surface area contributed by atoms with Crippen LogP contribution in [0.5, 0.6) is 0 Å². The number of nitrogens with zero attached hydrogens (tertiary/aromatic N) is 2. The summed E-state index contributed by atoms with van der Waals surface area (Å²) in [5.41, 5.74) is 0.888. The molecule has 2 unspecified atom stereocenters. The van der Waals surface area contributed by atoms with Gasteiger partial charge in [0, 0.05) is 25.0 Å². The summed E-state index contributed by atoms with van der Waals surface area (Å²) in [7, 11) is -2.95. The third kappa shape index (κ3) is 3.23. The first-order valence-corrected chi connectivity index (χ1v) is 7.70. The molecule has 2 rings (SSSR count). The molecule has 0 saturated heterocycles. The normalized spacial score (nSPS) is 25.0. The Bertz CT molecular complexity index is 461. The van der Waals surface area contributed by atoms with E-state index in [1.165, 1.54) is 12.6 Å². The first-order valence-electron chi connectivity index (χ1n) is 5.74. The highest BCUT2D eigenvalue weighted by atomic mass is 32.2. The quantitative estimate of drug-likeness (QED) is 0.850. The fourth-order valence-corrected chi connectivity index (χ4v) is 3.75. The number of rotatable bonds is 4. The van der Waals surface area contributed by atoms with Gasteiger partial charge in [-0.25, -0.2) is 18.4 Å². The van der Waals surface area contributed by atoms with Crippen molar-refractivity contribution < 1.29 is 8.42 Å². The Labute approximate surface area is 102 Å². The number of nitrogens with one attached hydrogen (secondary N) is 1. The van der Waals surface area contributed by atoms with Gasteiger partial charge in [-0.1, -0.05) is 6.42 Å². The minimum Gasteiger partial charge on any atom is -0.307 e. The summed E-state index contributed by atoms with van der Waals surface area (Å²) >= 11 is 0. The summed E-state index contributed by atoms with van der Waals surface area (Å²) in [4.78, 5) is 7.95. The maximum atomic E-state index is 11.6. The number of sulfone groups is 1. The van der Waals surface area contributed by atoms with Crippen LogP contribution >= 0.6 is 0 Å². The van der Waals surface area contributed by atoms with E-state index in [0.29, 0.717) is 6.54 Å². The van der Waals surface area contributed by atoms with Crippen molar-refractivity contribution in [3.63, 3.8) is 0 Å². The van der Waals surface area contributed by atoms with Crippen LogP contribution in [-0.4, -0.2) is 35.9 Å². The third-order valence-electron chi connectivity index (χ3n) is 3.19. The zero-order chi connectivity index (χ0) is 12.3. The second-order valence-electron chi connectivity index (χ2n) is 4.49. The average Bonchev–Trinajstić information content (AvgIpc) is 2.75. The molecular weight excluding hydrogens is 238 g/mol. The van der Waals surface area contributed by atoms with E-state index in [9.17, 15) is 8.42 Å². The van der Waals surface area contributed by atoms with Crippen LogP contribution in [0.15, 0.2) is 18.6 Å². The number of hydrogen-bond donors (Lipinski definition) is 1. The molecule has 0 radical (unpaired) electrons. The maximum Gasteiger partial charge on any atom is 0.151 e. The van der Waals surface area contributed by atoms with E-state index >= 15 is 0 Å². The number of hydrogen-bond acceptors (Lipinski definition) is 5. The van der Waals surface area contributed by atoms with Crippen LogP contribution in [0, 0.1) is 0 Å². The molecule has 1 aromatic heterocycles. The lowest BCUT2D eigenvalue weighted by molar-refractivity contribution is 0.503. The summed E-state index contributed by atoms with van der Waals surface area (Å²) in [5.74, 6) is 0. The lowest BCUT2D eigenvalue weighted by Crippen LogP contribution is -2.39. The molecule has 1 saturated carbocycles. The molecule has 0 bridgehead atoms. The molecule has 17 heavy (non-hydrogen) atoms. The molecule has 0 spiro atoms. The highest BCUT2D eigenvalue weighted by Crippen LogP contribution is 2.25. The minimum atomic E-state index is -2.95. The first kappa shape index (κ1) is 12.4. The zero-order valence-corrected chi connectivity index (χ0v) is 10.7. The van der Waals surface area contributed by atoms with Gasteiger partial charge in [0.2, 0.25) is 0 Å². The van der Waals surface area contributed by atoms with Gasteiger partial charge in [0.1, 0.15) is 6.33 Å². The summed E-state index contributed by atoms with van der Waals surface area (Å²) < 4.78 is 23.2. The van der Waals surface area contributed by atoms with E-state index in [0.717, 1.165) is 25.0 Å². The first-order chi connectivity index (χ1) is 8.07. The van der Waals surface area contributed by atoms with E-state index in [4.69, 9.17) is 0 Å². The molecule has 94 valence electrons. The van der Waals surface area contributed by atoms with Crippen LogP contribution in [0.4, 0.5) is 0 Å². The topological polar surface area (TPSA) is 72.0 Å². The number of aromatic nitrogens is 2. The SMILES string of the molecule is CS(=O)(=O)C1CCCC1NCc1ccncn1. The van der Waals surface area contributed by atoms with Crippen LogP contribution < -0.4 is 5.32 Å². The minimum absolute atomic E-state index is 0.0555. The molecule has 6 heteroatoms. The Morgan fingerprint density at radius 3 is 2.94 bits per heavy atom. The standard InChI is InChI=1S/C11H17N3O2S/c1-17(15,16)11-4-2-3-10(11)13-7-9-5-6-12-8-14-9/h5-6,8,10-11,13H,2-4,7H2,1H3. The second-order valence-corrected chi connectivity index (χ2v) is 6.75. The van der Waals surface area contributed by atoms with Crippen LogP contribution in [0.2, 0.25) is 0 Å². The van der Waals surface area contributed by atoms with Crippen LogP contribution in [0.25, 0.3) is 0 Å². The monoisotopic (exact) mass is 255 g/mol. The predicted octanol–water partition coefficient (Wildman–Crippen LogP) is 0.532. The molecule has 1 N–H and O–H groups in total. The molecule has 0 amide bonds. The fourth-order valence-electron chi connectivity index (χ4n) is 2.33. The Morgan fingerprint density at radius 1 is 1.47 bits per heavy atom. The third-order valence-corrected chi connectivity index (χ3v) is 4.86. The molecule has 1 heterocycles. The van der Waals surface area contributed by atoms with E-state index < -0.39 is 9.84 Å². The van der Waals surface area contributed by atoms with Crippen molar-refractivity contribution in [3.05, 3.63) is 24.3 Å². The summed E-state index contributed by atoms with van der Waals surface area (Å²) in [6.07, 6.45) is 7.16. The van der Waals surface area contributed by atoms with Crippen LogP contribution in [-0.2, 0) is 16.4 Å². The van der Waals surface area contributed by atoms with Crippen molar-refractivity contribution in [1.82, 2.24) is 15.3 Å². The molecule has 0 aliphatic heterocycles. The maximum absolute atomic E-state index is 11.6. The molecular formula is C11H17N3O2S. The van der Waals surface area contributed by atoms with Crippen molar-refractivity contribution in [2.45, 2.75) is 37.1 Å². The highest BCUT2D eigenvalue weighted by Gasteiger charge is 2.34. The smallest absolute Gasteiger partial charge is 0.151 e. The van der Waals surface area contributed by atoms with E-state index in [-0.39, 0.29) is 11.3 Å². The van der Waals surface area contributed by atoms with E-state index in [1.807, 2.05) is 6.07 Å². The lowest BCUT2D eigenvalue weighted by atomic mass is 10.2. The van der Waals surface area contributed by atoms with Gasteiger partial charge < -0.3 is 5.32 Å². The lowest BCUT2D eigenvalue weighted by Gasteiger charge is -2.19. The van der Waals surface area contributed by atoms with Crippen molar-refractivity contribution in [2.75, 3.05) is 6.26 Å². The molecule has 1 aliphatic carbocycles. The average molecular weight is 255 g/mol. The van der Waals surface area contributed by atoms with Crippen molar-refractivity contribution in [2.24, 2.45) is 0 Å². The largest absolute Gasteiger partial charge is 0.307 e. The zero-order valence-electron chi connectivity index (χ0n) is 9.83. The van der Waals surface area contributed by atoms with E-state index in [1.54, 1.807) is 6.20 Å². The van der Waals surface area contributed by atoms with Crippen LogP contribution in [0.1, 0.15) is 25.0 Å². The van der Waals surface area contributed by atoms with Gasteiger partial charge in [-0.2, -0.15) is 0 Å². The summed E-state index contributed by atoms with van der Waals surface area (Å²) in [6, 6.07) is 1.89. The Hall–Kier alpha value is -1.01. The molecule has 0 aromatic carbocycles. The van der Waals surface area contributed by atoms with Gasteiger partial charge in [0.15, 0.2) is 9.84 Å². The second kappa shape index (κ2) is 5.10. The van der Waals surface area contributed by atoms with Gasteiger partial charge in [-0.05, 0) is 18.9 Å². The van der Waals surface area contributed by atoms with Crippen molar-refractivity contribution in [1.29, 1.82) is 0 Å².